The van der Waals surface area contributed by atoms with Gasteiger partial charge in [-0.2, -0.15) is 11.8 Å². The van der Waals surface area contributed by atoms with Crippen LogP contribution in [0.3, 0.4) is 0 Å². The van der Waals surface area contributed by atoms with Crippen LogP contribution in [-0.4, -0.2) is 33.5 Å². The number of para-hydroxylation sites is 1. The first-order valence-corrected chi connectivity index (χ1v) is 7.29. The molecule has 0 aliphatic carbocycles. The average Bonchev–Trinajstić information content (AvgIpc) is 2.38. The Kier molecular flexibility index (Phi) is 6.04. The first kappa shape index (κ1) is 16.5. The number of anilines is 1. The van der Waals surface area contributed by atoms with Crippen LogP contribution >= 0.6 is 11.8 Å². The van der Waals surface area contributed by atoms with Crippen molar-refractivity contribution >= 4 is 29.3 Å². The Morgan fingerprint density at radius 1 is 1.35 bits per heavy atom. The summed E-state index contributed by atoms with van der Waals surface area (Å²) in [5.74, 6) is -0.605. The molecule has 0 unspecified atom stereocenters. The molecule has 1 atom stereocenters. The van der Waals surface area contributed by atoms with Gasteiger partial charge in [0.25, 0.3) is 0 Å². The first-order valence-electron chi connectivity index (χ1n) is 6.30. The van der Waals surface area contributed by atoms with Crippen LogP contribution in [0.5, 0.6) is 0 Å². The second-order valence-electron chi connectivity index (χ2n) is 4.93. The Morgan fingerprint density at radius 2 is 1.95 bits per heavy atom. The van der Waals surface area contributed by atoms with Gasteiger partial charge in [-0.1, -0.05) is 18.2 Å². The van der Waals surface area contributed by atoms with E-state index >= 15 is 0 Å². The monoisotopic (exact) mass is 296 g/mol. The zero-order chi connectivity index (χ0) is 15.2. The predicted molar refractivity (Wildman–Crippen MR) is 81.8 cm³/mol. The maximum absolute atomic E-state index is 11.7. The number of hydrogen-bond donors (Lipinski definition) is 3. The van der Waals surface area contributed by atoms with E-state index in [4.69, 9.17) is 10.8 Å². The third-order valence-corrected chi connectivity index (χ3v) is 4.28. The molecule has 0 saturated heterocycles. The molecule has 1 aromatic carbocycles. The number of aliphatic carboxylic acids is 1. The number of carbonyl (C=O) groups excluding carboxylic acids is 1. The number of thioether (sulfide) groups is 1. The Labute approximate surface area is 122 Å². The highest BCUT2D eigenvalue weighted by molar-refractivity contribution is 8.00. The molecule has 0 aliphatic heterocycles. The molecule has 20 heavy (non-hydrogen) atoms. The van der Waals surface area contributed by atoms with Crippen molar-refractivity contribution in [2.24, 2.45) is 5.73 Å². The SMILES string of the molecule is CC(C)(SCCC(=O)Nc1ccccc1)[C@@H](N)C(=O)O. The first-order chi connectivity index (χ1) is 9.33. The summed E-state index contributed by atoms with van der Waals surface area (Å²) >= 11 is 1.39. The molecule has 1 aromatic rings. The molecule has 0 bridgehead atoms. The Morgan fingerprint density at radius 3 is 2.50 bits per heavy atom. The van der Waals surface area contributed by atoms with E-state index in [1.165, 1.54) is 11.8 Å². The fourth-order valence-corrected chi connectivity index (χ4v) is 2.63. The number of carboxylic acid groups (broad SMARTS) is 1. The molecule has 0 aliphatic rings. The molecular formula is C14H20N2O3S. The van der Waals surface area contributed by atoms with Gasteiger partial charge in [-0.25, -0.2) is 0 Å². The molecule has 6 heteroatoms. The van der Waals surface area contributed by atoms with Crippen LogP contribution in [0.25, 0.3) is 0 Å². The largest absolute Gasteiger partial charge is 0.480 e. The molecule has 0 saturated carbocycles. The average molecular weight is 296 g/mol. The van der Waals surface area contributed by atoms with Gasteiger partial charge in [0.1, 0.15) is 6.04 Å². The van der Waals surface area contributed by atoms with Crippen LogP contribution in [0.2, 0.25) is 0 Å². The van der Waals surface area contributed by atoms with E-state index < -0.39 is 16.8 Å². The quantitative estimate of drug-likeness (QED) is 0.715. The smallest absolute Gasteiger partial charge is 0.321 e. The maximum Gasteiger partial charge on any atom is 0.321 e. The molecule has 0 heterocycles. The summed E-state index contributed by atoms with van der Waals surface area (Å²) in [5, 5.41) is 11.7. The van der Waals surface area contributed by atoms with Gasteiger partial charge >= 0.3 is 5.97 Å². The molecule has 5 nitrogen and oxygen atoms in total. The number of nitrogens with two attached hydrogens (primary N) is 1. The Balaban J connectivity index is 2.37. The minimum atomic E-state index is -1.03. The second kappa shape index (κ2) is 7.31. The molecule has 0 radical (unpaired) electrons. The van der Waals surface area contributed by atoms with Crippen LogP contribution in [0.4, 0.5) is 5.69 Å². The normalized spacial score (nSPS) is 12.8. The molecule has 1 rings (SSSR count). The van der Waals surface area contributed by atoms with Gasteiger partial charge < -0.3 is 16.2 Å². The highest BCUT2D eigenvalue weighted by Gasteiger charge is 2.32. The minimum Gasteiger partial charge on any atom is -0.480 e. The molecule has 0 spiro atoms. The van der Waals surface area contributed by atoms with Gasteiger partial charge in [0.05, 0.1) is 0 Å². The second-order valence-corrected chi connectivity index (χ2v) is 6.68. The lowest BCUT2D eigenvalue weighted by molar-refractivity contribution is -0.139. The van der Waals surface area contributed by atoms with Gasteiger partial charge in [0, 0.05) is 22.6 Å². The molecule has 0 aromatic heterocycles. The van der Waals surface area contributed by atoms with Crippen LogP contribution in [0, 0.1) is 0 Å². The highest BCUT2D eigenvalue weighted by atomic mass is 32.2. The van der Waals surface area contributed by atoms with Gasteiger partial charge in [-0.05, 0) is 26.0 Å². The number of hydrogen-bond acceptors (Lipinski definition) is 4. The Bertz CT molecular complexity index is 463. The summed E-state index contributed by atoms with van der Waals surface area (Å²) in [4.78, 5) is 22.6. The van der Waals surface area contributed by atoms with Crippen molar-refractivity contribution in [2.75, 3.05) is 11.1 Å². The zero-order valence-electron chi connectivity index (χ0n) is 11.6. The molecule has 4 N–H and O–H groups in total. The lowest BCUT2D eigenvalue weighted by Crippen LogP contribution is -2.46. The van der Waals surface area contributed by atoms with Crippen molar-refractivity contribution in [1.29, 1.82) is 0 Å². The molecular weight excluding hydrogens is 276 g/mol. The fourth-order valence-electron chi connectivity index (χ4n) is 1.54. The van der Waals surface area contributed by atoms with Gasteiger partial charge in [0.15, 0.2) is 0 Å². The predicted octanol–water partition coefficient (Wildman–Crippen LogP) is 1.94. The van der Waals surface area contributed by atoms with Crippen molar-refractivity contribution in [3.05, 3.63) is 30.3 Å². The summed E-state index contributed by atoms with van der Waals surface area (Å²) in [6, 6.07) is 8.25. The van der Waals surface area contributed by atoms with Gasteiger partial charge in [-0.15, -0.1) is 0 Å². The fraction of sp³-hybridized carbons (Fsp3) is 0.429. The Hall–Kier alpha value is -1.53. The molecule has 110 valence electrons. The summed E-state index contributed by atoms with van der Waals surface area (Å²) in [6.45, 7) is 3.54. The number of nitrogens with one attached hydrogen (secondary N) is 1. The maximum atomic E-state index is 11.7. The minimum absolute atomic E-state index is 0.0941. The summed E-state index contributed by atoms with van der Waals surface area (Å²) in [5.41, 5.74) is 6.37. The molecule has 1 amide bonds. The number of carboxylic acids is 1. The molecule has 0 fully saturated rings. The number of benzene rings is 1. The van der Waals surface area contributed by atoms with Crippen LogP contribution in [0.1, 0.15) is 20.3 Å². The van der Waals surface area contributed by atoms with E-state index in [1.54, 1.807) is 13.8 Å². The van der Waals surface area contributed by atoms with Crippen molar-refractivity contribution in [2.45, 2.75) is 31.1 Å². The van der Waals surface area contributed by atoms with Crippen molar-refractivity contribution in [3.63, 3.8) is 0 Å². The van der Waals surface area contributed by atoms with E-state index in [1.807, 2.05) is 30.3 Å². The van der Waals surface area contributed by atoms with E-state index in [9.17, 15) is 9.59 Å². The summed E-state index contributed by atoms with van der Waals surface area (Å²) < 4.78 is -0.612. The van der Waals surface area contributed by atoms with E-state index in [2.05, 4.69) is 5.32 Å². The topological polar surface area (TPSA) is 92.4 Å². The summed E-state index contributed by atoms with van der Waals surface area (Å²) in [7, 11) is 0. The van der Waals surface area contributed by atoms with Crippen molar-refractivity contribution in [1.82, 2.24) is 0 Å². The standard InChI is InChI=1S/C14H20N2O3S/c1-14(2,12(15)13(18)19)20-9-8-11(17)16-10-6-4-3-5-7-10/h3-7,12H,8-9,15H2,1-2H3,(H,16,17)(H,18,19)/t12-/m0/s1. The van der Waals surface area contributed by atoms with Crippen molar-refractivity contribution < 1.29 is 14.7 Å². The summed E-state index contributed by atoms with van der Waals surface area (Å²) in [6.07, 6.45) is 0.315. The van der Waals surface area contributed by atoms with Crippen LogP contribution in [0.15, 0.2) is 30.3 Å². The number of carbonyl (C=O) groups is 2. The van der Waals surface area contributed by atoms with Crippen LogP contribution in [-0.2, 0) is 9.59 Å². The third kappa shape index (κ3) is 5.22. The van der Waals surface area contributed by atoms with Gasteiger partial charge in [0.2, 0.25) is 5.91 Å². The lowest BCUT2D eigenvalue weighted by Gasteiger charge is -2.27. The highest BCUT2D eigenvalue weighted by Crippen LogP contribution is 2.28. The third-order valence-electron chi connectivity index (χ3n) is 2.88. The van der Waals surface area contributed by atoms with E-state index in [0.29, 0.717) is 12.2 Å². The van der Waals surface area contributed by atoms with E-state index in [0.717, 1.165) is 5.69 Å². The number of rotatable bonds is 7. The van der Waals surface area contributed by atoms with Gasteiger partial charge in [-0.3, -0.25) is 9.59 Å². The van der Waals surface area contributed by atoms with Crippen LogP contribution < -0.4 is 11.1 Å². The van der Waals surface area contributed by atoms with E-state index in [-0.39, 0.29) is 5.91 Å². The lowest BCUT2D eigenvalue weighted by atomic mass is 10.1. The van der Waals surface area contributed by atoms with Crippen molar-refractivity contribution in [3.8, 4) is 0 Å². The number of amides is 1. The zero-order valence-corrected chi connectivity index (χ0v) is 12.4.